The van der Waals surface area contributed by atoms with Gasteiger partial charge < -0.3 is 19.4 Å². The quantitative estimate of drug-likeness (QED) is 0.401. The number of guanidine groups is 1. The fraction of sp³-hybridized carbons (Fsp3) is 0.650. The fourth-order valence-electron chi connectivity index (χ4n) is 4.22. The predicted molar refractivity (Wildman–Crippen MR) is 122 cm³/mol. The zero-order chi connectivity index (χ0) is 18.6. The first-order valence-electron chi connectivity index (χ1n) is 10.3. The minimum atomic E-state index is 0. The van der Waals surface area contributed by atoms with Gasteiger partial charge in [-0.1, -0.05) is 6.92 Å². The highest BCUT2D eigenvalue weighted by Crippen LogP contribution is 2.27. The summed E-state index contributed by atoms with van der Waals surface area (Å²) in [6.07, 6.45) is 12.8. The Morgan fingerprint density at radius 3 is 2.96 bits per heavy atom. The van der Waals surface area contributed by atoms with Gasteiger partial charge in [0.05, 0.1) is 24.6 Å². The third-order valence-electron chi connectivity index (χ3n) is 5.81. The second-order valence-electron chi connectivity index (χ2n) is 7.76. The molecule has 2 atom stereocenters. The van der Waals surface area contributed by atoms with Gasteiger partial charge >= 0.3 is 0 Å². The van der Waals surface area contributed by atoms with Crippen LogP contribution in [0.5, 0.6) is 0 Å². The molecule has 4 rings (SSSR count). The van der Waals surface area contributed by atoms with Crippen molar-refractivity contribution in [3.63, 3.8) is 0 Å². The molecule has 7 nitrogen and oxygen atoms in total. The van der Waals surface area contributed by atoms with Gasteiger partial charge in [-0.3, -0.25) is 0 Å². The molecular formula is C20H32IN7. The molecule has 1 saturated heterocycles. The third-order valence-corrected chi connectivity index (χ3v) is 5.81. The van der Waals surface area contributed by atoms with E-state index in [1.807, 2.05) is 12.5 Å². The summed E-state index contributed by atoms with van der Waals surface area (Å²) in [5.41, 5.74) is 1.08. The maximum absolute atomic E-state index is 4.92. The smallest absolute Gasteiger partial charge is 0.194 e. The van der Waals surface area contributed by atoms with Gasteiger partial charge in [-0.2, -0.15) is 0 Å². The number of piperidine rings is 1. The van der Waals surface area contributed by atoms with Crippen LogP contribution >= 0.6 is 24.0 Å². The van der Waals surface area contributed by atoms with Crippen LogP contribution in [0.2, 0.25) is 0 Å². The van der Waals surface area contributed by atoms with Gasteiger partial charge in [0.2, 0.25) is 0 Å². The summed E-state index contributed by atoms with van der Waals surface area (Å²) in [5.74, 6) is 2.86. The molecule has 2 unspecified atom stereocenters. The van der Waals surface area contributed by atoms with E-state index in [0.717, 1.165) is 50.7 Å². The summed E-state index contributed by atoms with van der Waals surface area (Å²) in [7, 11) is 0. The fourth-order valence-corrected chi connectivity index (χ4v) is 4.22. The Hall–Kier alpha value is -1.58. The molecule has 2 aromatic heterocycles. The van der Waals surface area contributed by atoms with Crippen molar-refractivity contribution in [2.75, 3.05) is 19.6 Å². The van der Waals surface area contributed by atoms with Crippen LogP contribution in [0.1, 0.15) is 50.7 Å². The molecule has 1 fully saturated rings. The van der Waals surface area contributed by atoms with Crippen molar-refractivity contribution in [3.05, 3.63) is 36.4 Å². The number of halogens is 1. The van der Waals surface area contributed by atoms with Crippen molar-refractivity contribution in [1.82, 2.24) is 29.3 Å². The van der Waals surface area contributed by atoms with E-state index in [9.17, 15) is 0 Å². The van der Waals surface area contributed by atoms with E-state index in [2.05, 4.69) is 50.6 Å². The van der Waals surface area contributed by atoms with Gasteiger partial charge in [-0.05, 0) is 32.1 Å². The summed E-state index contributed by atoms with van der Waals surface area (Å²) in [4.78, 5) is 16.3. The highest BCUT2D eigenvalue weighted by Gasteiger charge is 2.29. The van der Waals surface area contributed by atoms with Crippen molar-refractivity contribution in [3.8, 4) is 0 Å². The predicted octanol–water partition coefficient (Wildman–Crippen LogP) is 3.08. The van der Waals surface area contributed by atoms with E-state index in [4.69, 9.17) is 9.98 Å². The van der Waals surface area contributed by atoms with Crippen molar-refractivity contribution >= 4 is 29.9 Å². The molecule has 1 N–H and O–H groups in total. The Kier molecular flexibility index (Phi) is 7.36. The number of hydrogen-bond acceptors (Lipinski definition) is 3. The minimum absolute atomic E-state index is 0. The van der Waals surface area contributed by atoms with Crippen LogP contribution in [0.25, 0.3) is 0 Å². The summed E-state index contributed by atoms with van der Waals surface area (Å²) < 4.78 is 4.54. The Labute approximate surface area is 184 Å². The number of nitrogens with zero attached hydrogens (tertiary/aromatic N) is 6. The number of aryl methyl sites for hydroxylation is 2. The van der Waals surface area contributed by atoms with Crippen LogP contribution in [0.3, 0.4) is 0 Å². The van der Waals surface area contributed by atoms with E-state index < -0.39 is 0 Å². The number of likely N-dealkylation sites (tertiary alicyclic amines) is 1. The van der Waals surface area contributed by atoms with Gasteiger partial charge in [0.1, 0.15) is 5.82 Å². The van der Waals surface area contributed by atoms with E-state index in [-0.39, 0.29) is 24.0 Å². The molecule has 0 bridgehead atoms. The van der Waals surface area contributed by atoms with Crippen molar-refractivity contribution < 1.29 is 0 Å². The van der Waals surface area contributed by atoms with E-state index >= 15 is 0 Å². The molecular weight excluding hydrogens is 465 g/mol. The molecule has 28 heavy (non-hydrogen) atoms. The van der Waals surface area contributed by atoms with Crippen LogP contribution < -0.4 is 5.32 Å². The van der Waals surface area contributed by atoms with Crippen LogP contribution in [-0.2, 0) is 19.5 Å². The first kappa shape index (κ1) is 21.1. The molecule has 2 aliphatic heterocycles. The van der Waals surface area contributed by atoms with Gasteiger partial charge in [0.15, 0.2) is 5.96 Å². The largest absolute Gasteiger partial charge is 0.357 e. The molecule has 2 aromatic rings. The Morgan fingerprint density at radius 1 is 1.32 bits per heavy atom. The molecule has 0 aliphatic carbocycles. The van der Waals surface area contributed by atoms with Crippen LogP contribution in [0.4, 0.5) is 0 Å². The normalized spacial score (nSPS) is 22.5. The number of rotatable bonds is 4. The van der Waals surface area contributed by atoms with E-state index in [0.29, 0.717) is 18.5 Å². The first-order chi connectivity index (χ1) is 13.2. The number of hydrogen-bond donors (Lipinski definition) is 1. The second-order valence-corrected chi connectivity index (χ2v) is 7.76. The number of aromatic nitrogens is 4. The van der Waals surface area contributed by atoms with Crippen molar-refractivity contribution in [1.29, 1.82) is 0 Å². The molecule has 0 aromatic carbocycles. The zero-order valence-electron chi connectivity index (χ0n) is 16.9. The maximum atomic E-state index is 4.92. The third kappa shape index (κ3) is 4.69. The molecule has 0 spiro atoms. The topological polar surface area (TPSA) is 63.3 Å². The Bertz CT molecular complexity index is 744. The Balaban J connectivity index is 0.00000225. The van der Waals surface area contributed by atoms with Crippen LogP contribution in [0.15, 0.2) is 29.9 Å². The highest BCUT2D eigenvalue weighted by molar-refractivity contribution is 14.0. The van der Waals surface area contributed by atoms with Gasteiger partial charge in [-0.15, -0.1) is 24.0 Å². The lowest BCUT2D eigenvalue weighted by molar-refractivity contribution is 0.189. The average molecular weight is 497 g/mol. The standard InChI is InChI=1S/C20H31N7.HI/c1-3-22-20(23-12-17-13-25-9-5-4-6-19(25)24-17)26-10-7-16(2)18(14-26)27-11-8-21-15-27;/h8,11,13,15-16,18H,3-7,9-10,12,14H2,1-2H3,(H,22,23);1H. The van der Waals surface area contributed by atoms with Crippen molar-refractivity contribution in [2.45, 2.75) is 58.7 Å². The summed E-state index contributed by atoms with van der Waals surface area (Å²) >= 11 is 0. The van der Waals surface area contributed by atoms with Gasteiger partial charge in [-0.25, -0.2) is 15.0 Å². The lowest BCUT2D eigenvalue weighted by Gasteiger charge is -2.39. The zero-order valence-corrected chi connectivity index (χ0v) is 19.2. The average Bonchev–Trinajstić information content (AvgIpc) is 3.35. The molecule has 0 radical (unpaired) electrons. The monoisotopic (exact) mass is 497 g/mol. The Morgan fingerprint density at radius 2 is 2.21 bits per heavy atom. The number of aliphatic imine (C=N–C) groups is 1. The van der Waals surface area contributed by atoms with Gasteiger partial charge in [0.25, 0.3) is 0 Å². The lowest BCUT2D eigenvalue weighted by atomic mass is 9.93. The van der Waals surface area contributed by atoms with Gasteiger partial charge in [0, 0.05) is 51.2 Å². The number of fused-ring (bicyclic) bond motifs is 1. The lowest BCUT2D eigenvalue weighted by Crippen LogP contribution is -2.49. The molecule has 2 aliphatic rings. The molecule has 0 saturated carbocycles. The summed E-state index contributed by atoms with van der Waals surface area (Å²) in [6.45, 7) is 9.08. The molecule has 8 heteroatoms. The maximum Gasteiger partial charge on any atom is 0.194 e. The first-order valence-corrected chi connectivity index (χ1v) is 10.3. The van der Waals surface area contributed by atoms with Crippen LogP contribution in [0, 0.1) is 5.92 Å². The molecule has 4 heterocycles. The molecule has 0 amide bonds. The summed E-state index contributed by atoms with van der Waals surface area (Å²) in [6, 6.07) is 0.435. The van der Waals surface area contributed by atoms with E-state index in [1.165, 1.54) is 18.7 Å². The van der Waals surface area contributed by atoms with E-state index in [1.54, 1.807) is 0 Å². The van der Waals surface area contributed by atoms with Crippen molar-refractivity contribution in [2.24, 2.45) is 10.9 Å². The highest BCUT2D eigenvalue weighted by atomic mass is 127. The minimum Gasteiger partial charge on any atom is -0.357 e. The number of imidazole rings is 2. The SMILES string of the molecule is CCNC(=NCc1cn2c(n1)CCCC2)N1CCC(C)C(n2ccnc2)C1.I. The second kappa shape index (κ2) is 9.76. The van der Waals surface area contributed by atoms with Crippen LogP contribution in [-0.4, -0.2) is 49.6 Å². The summed E-state index contributed by atoms with van der Waals surface area (Å²) in [5, 5.41) is 3.48. The molecule has 154 valence electrons. The number of nitrogens with one attached hydrogen (secondary N) is 1.